The van der Waals surface area contributed by atoms with Crippen molar-refractivity contribution in [1.82, 2.24) is 9.21 Å². The van der Waals surface area contributed by atoms with Gasteiger partial charge < -0.3 is 14.6 Å². The number of morpholine rings is 1. The lowest BCUT2D eigenvalue weighted by molar-refractivity contribution is -0.142. The van der Waals surface area contributed by atoms with Crippen LogP contribution in [0.4, 0.5) is 9.18 Å². The molecule has 2 aliphatic rings. The highest BCUT2D eigenvalue weighted by atomic mass is 32.2. The van der Waals surface area contributed by atoms with E-state index in [0.717, 1.165) is 11.0 Å². The molecule has 3 rings (SSSR count). The molecule has 2 heterocycles. The number of benzene rings is 1. The number of carboxylic acid groups (broad SMARTS) is 1. The molecule has 9 nitrogen and oxygen atoms in total. The molecule has 0 saturated carbocycles. The summed E-state index contributed by atoms with van der Waals surface area (Å²) in [6.45, 7) is 5.44. The highest BCUT2D eigenvalue weighted by Crippen LogP contribution is 2.43. The van der Waals surface area contributed by atoms with Crippen LogP contribution in [-0.2, 0) is 24.3 Å². The van der Waals surface area contributed by atoms with Gasteiger partial charge in [-0.05, 0) is 33.3 Å². The van der Waals surface area contributed by atoms with Crippen molar-refractivity contribution in [2.75, 3.05) is 26.3 Å². The number of ether oxygens (including phenoxy) is 2. The third-order valence-electron chi connectivity index (χ3n) is 5.27. The van der Waals surface area contributed by atoms with Gasteiger partial charge in [0.25, 0.3) is 0 Å². The molecule has 1 aromatic rings. The normalized spacial score (nSPS) is 25.4. The number of carbonyl (C=O) groups is 2. The third kappa shape index (κ3) is 4.83. The summed E-state index contributed by atoms with van der Waals surface area (Å²) < 4.78 is 53.6. The van der Waals surface area contributed by atoms with Crippen molar-refractivity contribution in [1.29, 1.82) is 0 Å². The van der Waals surface area contributed by atoms with Gasteiger partial charge in [-0.25, -0.2) is 22.4 Å². The van der Waals surface area contributed by atoms with Crippen LogP contribution < -0.4 is 0 Å². The summed E-state index contributed by atoms with van der Waals surface area (Å²) in [5.41, 5.74) is -1.03. The fraction of sp³-hybridized carbons (Fsp3) is 0.600. The van der Waals surface area contributed by atoms with Gasteiger partial charge in [-0.15, -0.1) is 0 Å². The molecule has 0 bridgehead atoms. The Morgan fingerprint density at radius 2 is 1.81 bits per heavy atom. The second-order valence-electron chi connectivity index (χ2n) is 8.54. The first kappa shape index (κ1) is 23.4. The molecule has 2 aliphatic heterocycles. The van der Waals surface area contributed by atoms with Crippen LogP contribution in [0.1, 0.15) is 38.8 Å². The van der Waals surface area contributed by atoms with E-state index in [2.05, 4.69) is 0 Å². The molecule has 0 aromatic heterocycles. The smallest absolute Gasteiger partial charge is 0.411 e. The second kappa shape index (κ2) is 8.71. The van der Waals surface area contributed by atoms with Gasteiger partial charge in [-0.2, -0.15) is 4.31 Å². The summed E-state index contributed by atoms with van der Waals surface area (Å²) in [7, 11) is -4.08. The van der Waals surface area contributed by atoms with Gasteiger partial charge in [0.2, 0.25) is 10.0 Å². The highest BCUT2D eigenvalue weighted by Gasteiger charge is 2.55. The summed E-state index contributed by atoms with van der Waals surface area (Å²) in [5, 5.41) is 8.44. The molecular formula is C20H27FN2O7S. The van der Waals surface area contributed by atoms with Crippen molar-refractivity contribution in [3.05, 3.63) is 35.6 Å². The van der Waals surface area contributed by atoms with Crippen molar-refractivity contribution < 1.29 is 37.0 Å². The van der Waals surface area contributed by atoms with Gasteiger partial charge in [0.15, 0.2) is 0 Å². The van der Waals surface area contributed by atoms with E-state index in [4.69, 9.17) is 9.47 Å². The van der Waals surface area contributed by atoms with Crippen molar-refractivity contribution in [2.24, 2.45) is 0 Å². The maximum atomic E-state index is 14.8. The molecule has 172 valence electrons. The van der Waals surface area contributed by atoms with E-state index >= 15 is 0 Å². The van der Waals surface area contributed by atoms with Gasteiger partial charge in [0, 0.05) is 18.7 Å². The number of halogens is 1. The standard InChI is InChI=1S/C20H27FN2O7S/c1-20(2,3)30-19(26)23-15(18(24)25)12-16(17(23)13-6-4-5-7-14(13)21)31(27,28)22-8-10-29-11-9-22/h4-7,15-17H,8-12H2,1-3H3,(H,24,25). The molecule has 11 heteroatoms. The number of aliphatic carboxylic acids is 1. The zero-order valence-corrected chi connectivity index (χ0v) is 18.5. The van der Waals surface area contributed by atoms with Crippen LogP contribution in [-0.4, -0.2) is 78.0 Å². The third-order valence-corrected chi connectivity index (χ3v) is 7.57. The molecule has 3 unspecified atom stereocenters. The van der Waals surface area contributed by atoms with Crippen LogP contribution in [0.15, 0.2) is 24.3 Å². The van der Waals surface area contributed by atoms with E-state index in [1.54, 1.807) is 20.8 Å². The van der Waals surface area contributed by atoms with E-state index in [1.807, 2.05) is 0 Å². The Morgan fingerprint density at radius 1 is 1.19 bits per heavy atom. The van der Waals surface area contributed by atoms with Gasteiger partial charge in [0.05, 0.1) is 19.3 Å². The summed E-state index contributed by atoms with van der Waals surface area (Å²) in [6.07, 6.45) is -1.39. The first-order valence-electron chi connectivity index (χ1n) is 9.99. The summed E-state index contributed by atoms with van der Waals surface area (Å²) in [6, 6.07) is 2.62. The molecule has 0 spiro atoms. The number of hydrogen-bond donors (Lipinski definition) is 1. The number of carbonyl (C=O) groups excluding carboxylic acids is 1. The largest absolute Gasteiger partial charge is 0.480 e. The van der Waals surface area contributed by atoms with Gasteiger partial charge in [0.1, 0.15) is 22.7 Å². The fourth-order valence-electron chi connectivity index (χ4n) is 3.95. The molecule has 1 N–H and O–H groups in total. The molecule has 0 radical (unpaired) electrons. The van der Waals surface area contributed by atoms with Crippen LogP contribution in [0, 0.1) is 5.82 Å². The van der Waals surface area contributed by atoms with E-state index in [-0.39, 0.29) is 38.3 Å². The van der Waals surface area contributed by atoms with Crippen LogP contribution in [0.5, 0.6) is 0 Å². The summed E-state index contributed by atoms with van der Waals surface area (Å²) >= 11 is 0. The average molecular weight is 459 g/mol. The number of likely N-dealkylation sites (tertiary alicyclic amines) is 1. The lowest BCUT2D eigenvalue weighted by Crippen LogP contribution is -2.48. The summed E-state index contributed by atoms with van der Waals surface area (Å²) in [4.78, 5) is 25.9. The molecule has 0 aliphatic carbocycles. The maximum absolute atomic E-state index is 14.8. The second-order valence-corrected chi connectivity index (χ2v) is 10.7. The first-order chi connectivity index (χ1) is 14.4. The Balaban J connectivity index is 2.12. The Kier molecular flexibility index (Phi) is 6.59. The monoisotopic (exact) mass is 458 g/mol. The molecule has 1 aromatic carbocycles. The van der Waals surface area contributed by atoms with Gasteiger partial charge in [-0.3, -0.25) is 4.90 Å². The lowest BCUT2D eigenvalue weighted by atomic mass is 10.0. The van der Waals surface area contributed by atoms with Gasteiger partial charge >= 0.3 is 12.1 Å². The Labute approximate surface area is 180 Å². The molecule has 1 amide bonds. The number of sulfonamides is 1. The molecule has 3 atom stereocenters. The number of nitrogens with zero attached hydrogens (tertiary/aromatic N) is 2. The zero-order valence-electron chi connectivity index (χ0n) is 17.7. The quantitative estimate of drug-likeness (QED) is 0.734. The first-order valence-corrected chi connectivity index (χ1v) is 11.5. The average Bonchev–Trinajstić information content (AvgIpc) is 3.09. The zero-order chi connectivity index (χ0) is 23.0. The van der Waals surface area contributed by atoms with Crippen molar-refractivity contribution in [3.63, 3.8) is 0 Å². The predicted octanol–water partition coefficient (Wildman–Crippen LogP) is 1.99. The fourth-order valence-corrected chi connectivity index (χ4v) is 6.02. The van der Waals surface area contributed by atoms with E-state index in [0.29, 0.717) is 0 Å². The molecule has 31 heavy (non-hydrogen) atoms. The van der Waals surface area contributed by atoms with Gasteiger partial charge in [-0.1, -0.05) is 18.2 Å². The van der Waals surface area contributed by atoms with Crippen LogP contribution in [0.25, 0.3) is 0 Å². The Hall–Kier alpha value is -2.24. The van der Waals surface area contributed by atoms with Crippen LogP contribution >= 0.6 is 0 Å². The minimum absolute atomic E-state index is 0.0704. The minimum Gasteiger partial charge on any atom is -0.480 e. The van der Waals surface area contributed by atoms with E-state index < -0.39 is 50.8 Å². The van der Waals surface area contributed by atoms with Crippen LogP contribution in [0.3, 0.4) is 0 Å². The van der Waals surface area contributed by atoms with E-state index in [9.17, 15) is 27.5 Å². The highest BCUT2D eigenvalue weighted by molar-refractivity contribution is 7.89. The number of carboxylic acids is 1. The molecule has 2 fully saturated rings. The number of amides is 1. The SMILES string of the molecule is CC(C)(C)OC(=O)N1C(C(=O)O)CC(S(=O)(=O)N2CCOCC2)C1c1ccccc1F. The topological polar surface area (TPSA) is 113 Å². The van der Waals surface area contributed by atoms with Crippen LogP contribution in [0.2, 0.25) is 0 Å². The number of rotatable bonds is 4. The van der Waals surface area contributed by atoms with E-state index in [1.165, 1.54) is 22.5 Å². The molecule has 2 saturated heterocycles. The Bertz CT molecular complexity index is 941. The minimum atomic E-state index is -4.08. The predicted molar refractivity (Wildman–Crippen MR) is 108 cm³/mol. The number of hydrogen-bond acceptors (Lipinski definition) is 6. The van der Waals surface area contributed by atoms with Crippen molar-refractivity contribution >= 4 is 22.1 Å². The molecular weight excluding hydrogens is 431 g/mol. The Morgan fingerprint density at radius 3 is 2.35 bits per heavy atom. The summed E-state index contributed by atoms with van der Waals surface area (Å²) in [5.74, 6) is -2.11. The lowest BCUT2D eigenvalue weighted by Gasteiger charge is -2.34. The van der Waals surface area contributed by atoms with Crippen molar-refractivity contribution in [3.8, 4) is 0 Å². The maximum Gasteiger partial charge on any atom is 0.411 e. The van der Waals surface area contributed by atoms with Crippen molar-refractivity contribution in [2.45, 2.75) is 50.1 Å².